The Bertz CT molecular complexity index is 1690. The molecule has 0 N–H and O–H groups in total. The lowest BCUT2D eigenvalue weighted by Crippen LogP contribution is -1.93. The summed E-state index contributed by atoms with van der Waals surface area (Å²) >= 11 is 0. The van der Waals surface area contributed by atoms with Crippen LogP contribution in [-0.2, 0) is 0 Å². The van der Waals surface area contributed by atoms with Crippen molar-refractivity contribution in [2.75, 3.05) is 0 Å². The molecule has 0 spiro atoms. The highest BCUT2D eigenvalue weighted by atomic mass is 19.1. The van der Waals surface area contributed by atoms with Crippen molar-refractivity contribution >= 4 is 0 Å². The van der Waals surface area contributed by atoms with E-state index in [1.807, 2.05) is 24.3 Å². The number of benzene rings is 6. The molecule has 212 valence electrons. The van der Waals surface area contributed by atoms with E-state index >= 15 is 0 Å². The number of ether oxygens (including phenoxy) is 5. The van der Waals surface area contributed by atoms with Crippen LogP contribution in [0.4, 0.5) is 8.78 Å². The second-order valence-corrected chi connectivity index (χ2v) is 9.21. The molecule has 6 rings (SSSR count). The summed E-state index contributed by atoms with van der Waals surface area (Å²) in [5, 5.41) is 0. The first-order valence-corrected chi connectivity index (χ1v) is 13.4. The van der Waals surface area contributed by atoms with Crippen LogP contribution in [0.3, 0.4) is 0 Å². The number of para-hydroxylation sites is 6. The molecule has 0 fully saturated rings. The monoisotopic (exact) mass is 574 g/mol. The Morgan fingerprint density at radius 2 is 0.488 bits per heavy atom. The molecular formula is C36H24F2O5. The van der Waals surface area contributed by atoms with Crippen LogP contribution in [0, 0.1) is 11.6 Å². The quantitative estimate of drug-likeness (QED) is 0.163. The normalized spacial score (nSPS) is 10.6. The molecule has 0 aliphatic carbocycles. The van der Waals surface area contributed by atoms with E-state index in [1.54, 1.807) is 109 Å². The third-order valence-corrected chi connectivity index (χ3v) is 6.15. The third-order valence-electron chi connectivity index (χ3n) is 6.15. The van der Waals surface area contributed by atoms with Gasteiger partial charge in [-0.3, -0.25) is 0 Å². The largest absolute Gasteiger partial charge is 0.454 e. The van der Waals surface area contributed by atoms with Crippen LogP contribution in [0.1, 0.15) is 0 Å². The minimum Gasteiger partial charge on any atom is -0.454 e. The van der Waals surface area contributed by atoms with Gasteiger partial charge in [0.1, 0.15) is 23.0 Å². The summed E-state index contributed by atoms with van der Waals surface area (Å²) in [5.74, 6) is 3.33. The second kappa shape index (κ2) is 12.8. The van der Waals surface area contributed by atoms with Crippen molar-refractivity contribution in [2.45, 2.75) is 0 Å². The van der Waals surface area contributed by atoms with Gasteiger partial charge in [0.05, 0.1) is 0 Å². The molecule has 7 heteroatoms. The minimum atomic E-state index is -0.441. The van der Waals surface area contributed by atoms with Crippen molar-refractivity contribution < 1.29 is 32.5 Å². The molecule has 5 nitrogen and oxygen atoms in total. The smallest absolute Gasteiger partial charge is 0.170 e. The molecule has 6 aromatic carbocycles. The summed E-state index contributed by atoms with van der Waals surface area (Å²) in [6, 6.07) is 40.6. The van der Waals surface area contributed by atoms with E-state index < -0.39 is 11.6 Å². The van der Waals surface area contributed by atoms with E-state index in [-0.39, 0.29) is 11.5 Å². The van der Waals surface area contributed by atoms with Gasteiger partial charge in [0, 0.05) is 0 Å². The lowest BCUT2D eigenvalue weighted by Gasteiger charge is -2.15. The van der Waals surface area contributed by atoms with Gasteiger partial charge in [-0.15, -0.1) is 0 Å². The fraction of sp³-hybridized carbons (Fsp3) is 0. The lowest BCUT2D eigenvalue weighted by atomic mass is 10.2. The van der Waals surface area contributed by atoms with Crippen LogP contribution < -0.4 is 23.7 Å². The molecule has 0 heterocycles. The van der Waals surface area contributed by atoms with Crippen molar-refractivity contribution in [2.24, 2.45) is 0 Å². The van der Waals surface area contributed by atoms with Crippen molar-refractivity contribution in [3.8, 4) is 57.5 Å². The fourth-order valence-corrected chi connectivity index (χ4v) is 4.07. The van der Waals surface area contributed by atoms with E-state index in [9.17, 15) is 8.78 Å². The van der Waals surface area contributed by atoms with Crippen LogP contribution in [0.5, 0.6) is 57.5 Å². The van der Waals surface area contributed by atoms with E-state index in [0.29, 0.717) is 46.0 Å². The number of halogens is 2. The Morgan fingerprint density at radius 3 is 0.791 bits per heavy atom. The van der Waals surface area contributed by atoms with Crippen LogP contribution in [0.2, 0.25) is 0 Å². The van der Waals surface area contributed by atoms with Crippen LogP contribution >= 0.6 is 0 Å². The first-order chi connectivity index (χ1) is 21.1. The number of hydrogen-bond acceptors (Lipinski definition) is 5. The molecule has 0 unspecified atom stereocenters. The summed E-state index contributed by atoms with van der Waals surface area (Å²) in [6.45, 7) is 0. The van der Waals surface area contributed by atoms with Crippen molar-refractivity contribution in [1.29, 1.82) is 0 Å². The average Bonchev–Trinajstić information content (AvgIpc) is 3.03. The molecule has 0 saturated heterocycles. The Balaban J connectivity index is 1.14. The van der Waals surface area contributed by atoms with Gasteiger partial charge in [-0.05, 0) is 97.1 Å². The molecular weight excluding hydrogens is 550 g/mol. The average molecular weight is 575 g/mol. The molecule has 0 saturated carbocycles. The summed E-state index contributed by atoms with van der Waals surface area (Å²) in [7, 11) is 0. The predicted octanol–water partition coefficient (Wildman–Crippen LogP) is 10.9. The van der Waals surface area contributed by atoms with E-state index in [1.165, 1.54) is 12.1 Å². The molecule has 0 radical (unpaired) electrons. The molecule has 0 atom stereocenters. The van der Waals surface area contributed by atoms with Gasteiger partial charge in [0.15, 0.2) is 46.1 Å². The van der Waals surface area contributed by atoms with E-state index in [4.69, 9.17) is 23.7 Å². The highest BCUT2D eigenvalue weighted by Gasteiger charge is 2.13. The molecule has 0 bridgehead atoms. The van der Waals surface area contributed by atoms with Gasteiger partial charge in [-0.1, -0.05) is 48.5 Å². The zero-order chi connectivity index (χ0) is 29.4. The maximum Gasteiger partial charge on any atom is 0.170 e. The molecule has 6 aromatic rings. The number of rotatable bonds is 10. The van der Waals surface area contributed by atoms with Crippen molar-refractivity contribution in [3.05, 3.63) is 157 Å². The van der Waals surface area contributed by atoms with Gasteiger partial charge < -0.3 is 23.7 Å². The number of hydrogen-bond donors (Lipinski definition) is 0. The highest BCUT2D eigenvalue weighted by molar-refractivity contribution is 5.50. The Labute approximate surface area is 247 Å². The van der Waals surface area contributed by atoms with E-state index in [2.05, 4.69) is 0 Å². The molecule has 0 aliphatic heterocycles. The highest BCUT2D eigenvalue weighted by Crippen LogP contribution is 2.40. The molecule has 0 amide bonds. The zero-order valence-electron chi connectivity index (χ0n) is 22.7. The van der Waals surface area contributed by atoms with Gasteiger partial charge in [-0.25, -0.2) is 8.78 Å². The van der Waals surface area contributed by atoms with Gasteiger partial charge in [0.25, 0.3) is 0 Å². The summed E-state index contributed by atoms with van der Waals surface area (Å²) in [6.07, 6.45) is 0. The van der Waals surface area contributed by atoms with Crippen LogP contribution in [-0.4, -0.2) is 0 Å². The third kappa shape index (κ3) is 6.92. The standard InChI is InChI=1S/C36H24F2O5/c37-29-9-1-3-11-31(29)39-25-17-21-27(22-18-25)41-33-13-5-7-15-35(33)43-36-16-8-6-14-34(36)42-28-23-19-26(20-24-28)40-32-12-4-2-10-30(32)38/h1-24H. The lowest BCUT2D eigenvalue weighted by molar-refractivity contribution is 0.393. The Kier molecular flexibility index (Phi) is 8.13. The SMILES string of the molecule is Fc1ccccc1Oc1ccc(Oc2ccccc2Oc2ccccc2Oc2ccc(Oc3ccccc3F)cc2)cc1. The van der Waals surface area contributed by atoms with Gasteiger partial charge in [0.2, 0.25) is 0 Å². The zero-order valence-corrected chi connectivity index (χ0v) is 22.7. The fourth-order valence-electron chi connectivity index (χ4n) is 4.07. The summed E-state index contributed by atoms with van der Waals surface area (Å²) in [4.78, 5) is 0. The van der Waals surface area contributed by atoms with Crippen molar-refractivity contribution in [3.63, 3.8) is 0 Å². The Hall–Kier alpha value is -5.82. The predicted molar refractivity (Wildman–Crippen MR) is 159 cm³/mol. The van der Waals surface area contributed by atoms with Crippen molar-refractivity contribution in [1.82, 2.24) is 0 Å². The maximum atomic E-state index is 13.9. The first kappa shape index (κ1) is 27.4. The molecule has 0 aliphatic rings. The summed E-state index contributed by atoms with van der Waals surface area (Å²) in [5.41, 5.74) is 0. The second-order valence-electron chi connectivity index (χ2n) is 9.21. The molecule has 43 heavy (non-hydrogen) atoms. The Morgan fingerprint density at radius 1 is 0.256 bits per heavy atom. The van der Waals surface area contributed by atoms with Gasteiger partial charge in [-0.2, -0.15) is 0 Å². The topological polar surface area (TPSA) is 46.2 Å². The summed E-state index contributed by atoms with van der Waals surface area (Å²) < 4.78 is 57.5. The molecule has 0 aromatic heterocycles. The maximum absolute atomic E-state index is 13.9. The van der Waals surface area contributed by atoms with E-state index in [0.717, 1.165) is 0 Å². The van der Waals surface area contributed by atoms with Crippen LogP contribution in [0.15, 0.2) is 146 Å². The van der Waals surface area contributed by atoms with Crippen LogP contribution in [0.25, 0.3) is 0 Å². The van der Waals surface area contributed by atoms with Gasteiger partial charge >= 0.3 is 0 Å². The first-order valence-electron chi connectivity index (χ1n) is 13.4. The minimum absolute atomic E-state index is 0.141.